The number of aliphatic hydroxyl groups is 1. The molecule has 3 heterocycles. The van der Waals surface area contributed by atoms with Gasteiger partial charge in [0.1, 0.15) is 0 Å². The Labute approximate surface area is 127 Å². The predicted octanol–water partition coefficient (Wildman–Crippen LogP) is 1.81. The third-order valence-electron chi connectivity index (χ3n) is 4.82. The van der Waals surface area contributed by atoms with Crippen molar-refractivity contribution in [2.24, 2.45) is 5.92 Å². The first-order valence-electron chi connectivity index (χ1n) is 7.44. The molecule has 2 aliphatic rings. The van der Waals surface area contributed by atoms with Gasteiger partial charge in [-0.15, -0.1) is 0 Å². The van der Waals surface area contributed by atoms with E-state index in [2.05, 4.69) is 15.6 Å². The van der Waals surface area contributed by atoms with Gasteiger partial charge in [-0.3, -0.25) is 0 Å². The summed E-state index contributed by atoms with van der Waals surface area (Å²) < 4.78 is 2.06. The van der Waals surface area contributed by atoms with Gasteiger partial charge in [0.05, 0.1) is 30.4 Å². The Morgan fingerprint density at radius 2 is 2.14 bits per heavy atom. The lowest BCUT2D eigenvalue weighted by atomic mass is 9.84. The largest absolute Gasteiger partial charge is 0.465 e. The molecule has 6 nitrogen and oxygen atoms in total. The molecule has 2 aromatic rings. The van der Waals surface area contributed by atoms with Crippen molar-refractivity contribution in [2.45, 2.75) is 18.6 Å². The second-order valence-electron chi connectivity index (χ2n) is 5.97. The van der Waals surface area contributed by atoms with Gasteiger partial charge in [-0.1, -0.05) is 24.3 Å². The van der Waals surface area contributed by atoms with Crippen LogP contribution in [0.15, 0.2) is 36.8 Å². The third kappa shape index (κ3) is 1.84. The number of hydrogen-bond acceptors (Lipinski definition) is 3. The molecule has 1 aromatic heterocycles. The van der Waals surface area contributed by atoms with E-state index in [0.717, 1.165) is 16.8 Å². The first-order chi connectivity index (χ1) is 10.7. The minimum Gasteiger partial charge on any atom is -0.465 e. The summed E-state index contributed by atoms with van der Waals surface area (Å²) in [5, 5.41) is 19.7. The van der Waals surface area contributed by atoms with Gasteiger partial charge in [0, 0.05) is 24.6 Å². The van der Waals surface area contributed by atoms with Crippen LogP contribution in [0.25, 0.3) is 11.3 Å². The van der Waals surface area contributed by atoms with Crippen LogP contribution in [-0.2, 0) is 0 Å². The zero-order valence-corrected chi connectivity index (χ0v) is 12.0. The molecule has 6 heteroatoms. The molecule has 1 fully saturated rings. The van der Waals surface area contributed by atoms with Crippen LogP contribution in [0, 0.1) is 5.92 Å². The highest BCUT2D eigenvalue weighted by atomic mass is 16.4. The lowest BCUT2D eigenvalue weighted by Gasteiger charge is -2.38. The number of fused-ring (bicyclic) bond motifs is 3. The van der Waals surface area contributed by atoms with Gasteiger partial charge in [0.2, 0.25) is 0 Å². The normalized spacial score (nSPS) is 26.6. The van der Waals surface area contributed by atoms with Gasteiger partial charge in [-0.05, 0) is 12.0 Å². The van der Waals surface area contributed by atoms with Crippen LogP contribution >= 0.6 is 0 Å². The van der Waals surface area contributed by atoms with Crippen molar-refractivity contribution in [2.75, 3.05) is 13.1 Å². The number of piperidine rings is 1. The summed E-state index contributed by atoms with van der Waals surface area (Å²) in [5.74, 6) is -0.165. The van der Waals surface area contributed by atoms with E-state index in [-0.39, 0.29) is 12.0 Å². The maximum absolute atomic E-state index is 11.3. The highest BCUT2D eigenvalue weighted by Crippen LogP contribution is 2.44. The lowest BCUT2D eigenvalue weighted by Crippen LogP contribution is -2.48. The smallest absolute Gasteiger partial charge is 0.407 e. The summed E-state index contributed by atoms with van der Waals surface area (Å²) in [6.45, 7) is 0.727. The molecule has 0 spiro atoms. The summed E-state index contributed by atoms with van der Waals surface area (Å²) in [6.07, 6.45) is 2.63. The number of aromatic nitrogens is 2. The number of aliphatic hydroxyl groups excluding tert-OH is 1. The first-order valence-corrected chi connectivity index (χ1v) is 7.44. The zero-order valence-electron chi connectivity index (χ0n) is 12.0. The Morgan fingerprint density at radius 3 is 2.95 bits per heavy atom. The summed E-state index contributed by atoms with van der Waals surface area (Å²) in [4.78, 5) is 16.9. The number of benzene rings is 1. The summed E-state index contributed by atoms with van der Waals surface area (Å²) >= 11 is 0. The number of likely N-dealkylation sites (tertiary alicyclic amines) is 1. The third-order valence-corrected chi connectivity index (χ3v) is 4.82. The average Bonchev–Trinajstić information content (AvgIpc) is 3.08. The molecule has 114 valence electrons. The maximum Gasteiger partial charge on any atom is 0.407 e. The van der Waals surface area contributed by atoms with E-state index in [9.17, 15) is 15.0 Å². The number of hydrogen-bond donors (Lipinski definition) is 2. The minimum absolute atomic E-state index is 0.0640. The molecule has 2 aliphatic heterocycles. The molecule has 0 unspecified atom stereocenters. The fourth-order valence-corrected chi connectivity index (χ4v) is 3.76. The molecule has 4 rings (SSSR count). The molecular formula is C16H17N3O3. The SMILES string of the molecule is O=C(O)N1CC[C@H](O)[C@@H]([C@H]2c3ccccc3-c3cncn32)C1. The molecule has 2 N–H and O–H groups in total. The fourth-order valence-electron chi connectivity index (χ4n) is 3.76. The Balaban J connectivity index is 1.77. The van der Waals surface area contributed by atoms with Crippen molar-refractivity contribution in [3.05, 3.63) is 42.4 Å². The van der Waals surface area contributed by atoms with Crippen LogP contribution in [0.1, 0.15) is 18.0 Å². The van der Waals surface area contributed by atoms with Crippen LogP contribution < -0.4 is 0 Å². The summed E-state index contributed by atoms with van der Waals surface area (Å²) in [6, 6.07) is 8.01. The average molecular weight is 299 g/mol. The molecule has 0 radical (unpaired) electrons. The second-order valence-corrected chi connectivity index (χ2v) is 5.97. The fraction of sp³-hybridized carbons (Fsp3) is 0.375. The van der Waals surface area contributed by atoms with Crippen molar-refractivity contribution in [3.63, 3.8) is 0 Å². The molecule has 0 saturated carbocycles. The summed E-state index contributed by atoms with van der Waals surface area (Å²) in [5.41, 5.74) is 3.28. The second kappa shape index (κ2) is 4.84. The molecule has 1 saturated heterocycles. The number of imidazole rings is 1. The van der Waals surface area contributed by atoms with Gasteiger partial charge in [-0.25, -0.2) is 9.78 Å². The van der Waals surface area contributed by atoms with Crippen molar-refractivity contribution in [1.82, 2.24) is 14.5 Å². The number of nitrogens with zero attached hydrogens (tertiary/aromatic N) is 3. The van der Waals surface area contributed by atoms with E-state index in [0.29, 0.717) is 19.5 Å². The van der Waals surface area contributed by atoms with Crippen LogP contribution in [0.2, 0.25) is 0 Å². The predicted molar refractivity (Wildman–Crippen MR) is 79.5 cm³/mol. The number of carbonyl (C=O) groups is 1. The Kier molecular flexibility index (Phi) is 2.94. The van der Waals surface area contributed by atoms with Gasteiger partial charge >= 0.3 is 6.09 Å². The number of rotatable bonds is 1. The van der Waals surface area contributed by atoms with E-state index < -0.39 is 12.2 Å². The van der Waals surface area contributed by atoms with E-state index in [1.54, 1.807) is 6.33 Å². The van der Waals surface area contributed by atoms with Crippen molar-refractivity contribution in [3.8, 4) is 11.3 Å². The van der Waals surface area contributed by atoms with Gasteiger partial charge in [0.15, 0.2) is 0 Å². The quantitative estimate of drug-likeness (QED) is 0.842. The van der Waals surface area contributed by atoms with Crippen LogP contribution in [0.5, 0.6) is 0 Å². The topological polar surface area (TPSA) is 78.6 Å². The molecule has 3 atom stereocenters. The monoisotopic (exact) mass is 299 g/mol. The van der Waals surface area contributed by atoms with Gasteiger partial charge < -0.3 is 19.7 Å². The minimum atomic E-state index is -0.922. The highest BCUT2D eigenvalue weighted by Gasteiger charge is 2.41. The van der Waals surface area contributed by atoms with E-state index in [1.165, 1.54) is 4.90 Å². The molecule has 1 aromatic carbocycles. The lowest BCUT2D eigenvalue weighted by molar-refractivity contribution is 0.0145. The number of amides is 1. The number of carboxylic acid groups (broad SMARTS) is 1. The van der Waals surface area contributed by atoms with Crippen molar-refractivity contribution < 1.29 is 15.0 Å². The van der Waals surface area contributed by atoms with Crippen molar-refractivity contribution in [1.29, 1.82) is 0 Å². The van der Waals surface area contributed by atoms with Gasteiger partial charge in [-0.2, -0.15) is 0 Å². The van der Waals surface area contributed by atoms with Crippen LogP contribution in [-0.4, -0.2) is 50.0 Å². The molecular weight excluding hydrogens is 282 g/mol. The molecule has 0 aliphatic carbocycles. The first kappa shape index (κ1) is 13.3. The Morgan fingerprint density at radius 1 is 1.32 bits per heavy atom. The van der Waals surface area contributed by atoms with Crippen molar-refractivity contribution >= 4 is 6.09 Å². The zero-order chi connectivity index (χ0) is 15.3. The molecule has 1 amide bonds. The standard InChI is InChI=1S/C16H17N3O3/c20-14-5-6-18(16(21)22)8-12(14)15-11-4-2-1-3-10(11)13-7-17-9-19(13)15/h1-4,7,9,12,14-15,20H,5-6,8H2,(H,21,22)/t12-,14-,15+/m0/s1. The summed E-state index contributed by atoms with van der Waals surface area (Å²) in [7, 11) is 0. The van der Waals surface area contributed by atoms with E-state index >= 15 is 0 Å². The van der Waals surface area contributed by atoms with Gasteiger partial charge in [0.25, 0.3) is 0 Å². The molecule has 0 bridgehead atoms. The van der Waals surface area contributed by atoms with Crippen LogP contribution in [0.3, 0.4) is 0 Å². The van der Waals surface area contributed by atoms with Crippen LogP contribution in [0.4, 0.5) is 4.79 Å². The Hall–Kier alpha value is -2.34. The van der Waals surface area contributed by atoms with E-state index in [4.69, 9.17) is 0 Å². The maximum atomic E-state index is 11.3. The Bertz CT molecular complexity index is 727. The molecule has 22 heavy (non-hydrogen) atoms. The highest BCUT2D eigenvalue weighted by molar-refractivity contribution is 5.69. The van der Waals surface area contributed by atoms with E-state index in [1.807, 2.05) is 24.4 Å².